The van der Waals surface area contributed by atoms with Crippen LogP contribution in [-0.4, -0.2) is 36.1 Å². The van der Waals surface area contributed by atoms with Gasteiger partial charge in [-0.15, -0.1) is 11.8 Å². The van der Waals surface area contributed by atoms with Crippen LogP contribution < -0.4 is 5.32 Å². The van der Waals surface area contributed by atoms with Crippen LogP contribution >= 0.6 is 11.8 Å². The van der Waals surface area contributed by atoms with Gasteiger partial charge in [0, 0.05) is 30.6 Å². The number of hydrogen-bond acceptors (Lipinski definition) is 3. The van der Waals surface area contributed by atoms with Gasteiger partial charge < -0.3 is 10.2 Å². The first-order valence-corrected chi connectivity index (χ1v) is 10.0. The predicted octanol–water partition coefficient (Wildman–Crippen LogP) is 3.93. The number of amides is 2. The average molecular weight is 369 g/mol. The Morgan fingerprint density at radius 1 is 1.04 bits per heavy atom. The number of carbonyl (C=O) groups is 2. The van der Waals surface area contributed by atoms with Gasteiger partial charge >= 0.3 is 0 Å². The van der Waals surface area contributed by atoms with Crippen molar-refractivity contribution < 1.29 is 9.59 Å². The number of piperidine rings is 1. The van der Waals surface area contributed by atoms with Gasteiger partial charge in [0.1, 0.15) is 0 Å². The van der Waals surface area contributed by atoms with Crippen molar-refractivity contribution in [2.24, 2.45) is 0 Å². The van der Waals surface area contributed by atoms with Crippen molar-refractivity contribution in [2.75, 3.05) is 24.7 Å². The largest absolute Gasteiger partial charge is 0.343 e. The quantitative estimate of drug-likeness (QED) is 0.832. The molecule has 3 rings (SSSR count). The predicted molar refractivity (Wildman–Crippen MR) is 106 cm³/mol. The molecule has 1 N–H and O–H groups in total. The molecule has 5 heteroatoms. The van der Waals surface area contributed by atoms with Gasteiger partial charge in [-0.2, -0.15) is 0 Å². The van der Waals surface area contributed by atoms with Crippen LogP contribution in [0.4, 0.5) is 5.69 Å². The van der Waals surface area contributed by atoms with Crippen LogP contribution in [-0.2, 0) is 15.0 Å². The minimum Gasteiger partial charge on any atom is -0.343 e. The number of benzene rings is 2. The van der Waals surface area contributed by atoms with E-state index in [1.807, 2.05) is 65.8 Å². The maximum atomic E-state index is 13.3. The molecule has 2 amide bonds. The molecule has 0 radical (unpaired) electrons. The lowest BCUT2D eigenvalue weighted by Crippen LogP contribution is -2.50. The van der Waals surface area contributed by atoms with E-state index in [0.29, 0.717) is 25.9 Å². The van der Waals surface area contributed by atoms with E-state index in [9.17, 15) is 9.59 Å². The highest BCUT2D eigenvalue weighted by Gasteiger charge is 2.43. The lowest BCUT2D eigenvalue weighted by Gasteiger charge is -2.40. The molecule has 1 aliphatic heterocycles. The van der Waals surface area contributed by atoms with Gasteiger partial charge in [-0.3, -0.25) is 9.59 Å². The maximum absolute atomic E-state index is 13.3. The first-order valence-electron chi connectivity index (χ1n) is 8.82. The van der Waals surface area contributed by atoms with Gasteiger partial charge in [-0.25, -0.2) is 0 Å². The Balaban J connectivity index is 1.88. The molecule has 1 saturated heterocycles. The second kappa shape index (κ2) is 7.96. The number of hydrogen-bond donors (Lipinski definition) is 1. The first-order chi connectivity index (χ1) is 12.5. The van der Waals surface area contributed by atoms with Crippen molar-refractivity contribution in [1.29, 1.82) is 0 Å². The molecule has 0 atom stereocenters. The maximum Gasteiger partial charge on any atom is 0.235 e. The zero-order chi connectivity index (χ0) is 18.6. The topological polar surface area (TPSA) is 49.4 Å². The van der Waals surface area contributed by atoms with Crippen LogP contribution in [0.5, 0.6) is 0 Å². The molecule has 1 heterocycles. The second-order valence-corrected chi connectivity index (χ2v) is 7.52. The number of likely N-dealkylation sites (tertiary alicyclic amines) is 1. The van der Waals surface area contributed by atoms with E-state index in [1.54, 1.807) is 18.7 Å². The number of nitrogens with zero attached hydrogens (tertiary/aromatic N) is 1. The van der Waals surface area contributed by atoms with Crippen LogP contribution in [0.1, 0.15) is 25.3 Å². The van der Waals surface area contributed by atoms with Crippen molar-refractivity contribution in [3.63, 3.8) is 0 Å². The zero-order valence-corrected chi connectivity index (χ0v) is 16.0. The Kier molecular flexibility index (Phi) is 5.67. The molecule has 0 spiro atoms. The Morgan fingerprint density at radius 3 is 2.35 bits per heavy atom. The molecule has 4 nitrogen and oxygen atoms in total. The fourth-order valence-corrected chi connectivity index (χ4v) is 4.02. The smallest absolute Gasteiger partial charge is 0.235 e. The van der Waals surface area contributed by atoms with Gasteiger partial charge in [0.25, 0.3) is 0 Å². The highest BCUT2D eigenvalue weighted by molar-refractivity contribution is 7.98. The summed E-state index contributed by atoms with van der Waals surface area (Å²) in [7, 11) is 0. The lowest BCUT2D eigenvalue weighted by molar-refractivity contribution is -0.133. The molecule has 0 aliphatic carbocycles. The fourth-order valence-electron chi connectivity index (χ4n) is 3.56. The molecule has 26 heavy (non-hydrogen) atoms. The third-order valence-corrected chi connectivity index (χ3v) is 5.88. The number of nitrogens with one attached hydrogen (secondary N) is 1. The van der Waals surface area contributed by atoms with Crippen LogP contribution in [0.3, 0.4) is 0 Å². The second-order valence-electron chi connectivity index (χ2n) is 6.64. The molecular weight excluding hydrogens is 344 g/mol. The molecule has 136 valence electrons. The van der Waals surface area contributed by atoms with E-state index >= 15 is 0 Å². The Hall–Kier alpha value is -2.27. The molecule has 2 aromatic rings. The van der Waals surface area contributed by atoms with Crippen molar-refractivity contribution in [3.05, 3.63) is 60.2 Å². The lowest BCUT2D eigenvalue weighted by atomic mass is 9.72. The molecule has 1 fully saturated rings. The van der Waals surface area contributed by atoms with Crippen molar-refractivity contribution in [3.8, 4) is 0 Å². The molecule has 2 aromatic carbocycles. The normalized spacial score (nSPS) is 16.2. The van der Waals surface area contributed by atoms with Gasteiger partial charge in [-0.1, -0.05) is 36.4 Å². The van der Waals surface area contributed by atoms with Crippen LogP contribution in [0.15, 0.2) is 59.5 Å². The van der Waals surface area contributed by atoms with Gasteiger partial charge in [0.2, 0.25) is 11.8 Å². The first kappa shape index (κ1) is 18.5. The zero-order valence-electron chi connectivity index (χ0n) is 15.2. The molecule has 0 aromatic heterocycles. The van der Waals surface area contributed by atoms with Gasteiger partial charge in [0.15, 0.2) is 0 Å². The molecule has 0 bridgehead atoms. The Morgan fingerprint density at radius 2 is 1.73 bits per heavy atom. The Labute approximate surface area is 159 Å². The molecule has 1 aliphatic rings. The minimum absolute atomic E-state index is 0.00477. The number of thioether (sulfide) groups is 1. The third kappa shape index (κ3) is 3.78. The Bertz CT molecular complexity index is 784. The highest BCUT2D eigenvalue weighted by Crippen LogP contribution is 2.37. The van der Waals surface area contributed by atoms with E-state index in [2.05, 4.69) is 5.32 Å². The van der Waals surface area contributed by atoms with Crippen LogP contribution in [0, 0.1) is 0 Å². The van der Waals surface area contributed by atoms with Crippen molar-refractivity contribution in [1.82, 2.24) is 4.90 Å². The SMILES string of the molecule is CSc1cccc(NC(=O)C2(c3ccccc3)CCN(C(C)=O)CC2)c1. The van der Waals surface area contributed by atoms with Crippen molar-refractivity contribution >= 4 is 29.3 Å². The summed E-state index contributed by atoms with van der Waals surface area (Å²) in [6.07, 6.45) is 3.28. The average Bonchev–Trinajstić information content (AvgIpc) is 2.68. The van der Waals surface area contributed by atoms with Gasteiger partial charge in [-0.05, 0) is 42.9 Å². The summed E-state index contributed by atoms with van der Waals surface area (Å²) in [4.78, 5) is 28.0. The summed E-state index contributed by atoms with van der Waals surface area (Å²) in [5.74, 6) is 0.0740. The van der Waals surface area contributed by atoms with E-state index in [4.69, 9.17) is 0 Å². The van der Waals surface area contributed by atoms with Crippen molar-refractivity contribution in [2.45, 2.75) is 30.1 Å². The highest BCUT2D eigenvalue weighted by atomic mass is 32.2. The summed E-state index contributed by atoms with van der Waals surface area (Å²) >= 11 is 1.65. The molecular formula is C21H24N2O2S. The summed E-state index contributed by atoms with van der Waals surface area (Å²) in [5.41, 5.74) is 1.22. The third-order valence-electron chi connectivity index (χ3n) is 5.15. The fraction of sp³-hybridized carbons (Fsp3) is 0.333. The summed E-state index contributed by atoms with van der Waals surface area (Å²) in [5, 5.41) is 3.11. The summed E-state index contributed by atoms with van der Waals surface area (Å²) < 4.78 is 0. The van der Waals surface area contributed by atoms with Crippen LogP contribution in [0.2, 0.25) is 0 Å². The summed E-state index contributed by atoms with van der Waals surface area (Å²) in [6.45, 7) is 2.79. The monoisotopic (exact) mass is 368 g/mol. The summed E-state index contributed by atoms with van der Waals surface area (Å²) in [6, 6.07) is 17.8. The molecule has 0 saturated carbocycles. The molecule has 0 unspecified atom stereocenters. The van der Waals surface area contributed by atoms with E-state index in [0.717, 1.165) is 16.1 Å². The number of anilines is 1. The minimum atomic E-state index is -0.609. The van der Waals surface area contributed by atoms with E-state index < -0.39 is 5.41 Å². The van der Waals surface area contributed by atoms with Crippen LogP contribution in [0.25, 0.3) is 0 Å². The standard InChI is InChI=1S/C21H24N2O2S/c1-16(24)23-13-11-21(12-14-23,17-7-4-3-5-8-17)20(25)22-18-9-6-10-19(15-18)26-2/h3-10,15H,11-14H2,1-2H3,(H,22,25). The van der Waals surface area contributed by atoms with Gasteiger partial charge in [0.05, 0.1) is 5.41 Å². The number of rotatable bonds is 4. The number of carbonyl (C=O) groups excluding carboxylic acids is 2. The van der Waals surface area contributed by atoms with E-state index in [-0.39, 0.29) is 11.8 Å². The van der Waals surface area contributed by atoms with E-state index in [1.165, 1.54) is 0 Å².